The molecule has 7 heteroatoms. The number of aryl methyl sites for hydroxylation is 1. The lowest BCUT2D eigenvalue weighted by atomic mass is 10.1. The van der Waals surface area contributed by atoms with Crippen molar-refractivity contribution < 1.29 is 13.9 Å². The van der Waals surface area contributed by atoms with E-state index >= 15 is 0 Å². The molecule has 1 saturated heterocycles. The van der Waals surface area contributed by atoms with Crippen molar-refractivity contribution in [3.05, 3.63) is 82.4 Å². The molecule has 5 nitrogen and oxygen atoms in total. The predicted molar refractivity (Wildman–Crippen MR) is 104 cm³/mol. The van der Waals surface area contributed by atoms with E-state index in [4.69, 9.17) is 16.3 Å². The van der Waals surface area contributed by atoms with Crippen LogP contribution in [-0.4, -0.2) is 40.3 Å². The van der Waals surface area contributed by atoms with Crippen LogP contribution in [0.3, 0.4) is 0 Å². The second kappa shape index (κ2) is 7.73. The van der Waals surface area contributed by atoms with Crippen molar-refractivity contribution in [2.75, 3.05) is 19.7 Å². The fourth-order valence-electron chi connectivity index (χ4n) is 3.36. The first-order valence-corrected chi connectivity index (χ1v) is 9.39. The standard InChI is InChI=1S/C21H19ClFN3O2/c1-14-19(20(22)26(24-14)17-9-7-16(23)8-10-17)21(27)25-11-12-28-18(13-25)15-5-3-2-4-6-15/h2-10,18H,11-13H2,1H3/t18-/m0/s1. The topological polar surface area (TPSA) is 47.4 Å². The maximum atomic E-state index is 13.2. The van der Waals surface area contributed by atoms with Crippen molar-refractivity contribution in [3.8, 4) is 5.69 Å². The van der Waals surface area contributed by atoms with Gasteiger partial charge < -0.3 is 9.64 Å². The minimum atomic E-state index is -0.347. The third-order valence-electron chi connectivity index (χ3n) is 4.81. The summed E-state index contributed by atoms with van der Waals surface area (Å²) in [5.74, 6) is -0.527. The minimum absolute atomic E-state index is 0.176. The Bertz CT molecular complexity index is 989. The second-order valence-electron chi connectivity index (χ2n) is 6.66. The molecule has 2 aromatic carbocycles. The van der Waals surface area contributed by atoms with E-state index in [2.05, 4.69) is 5.10 Å². The number of morpholine rings is 1. The van der Waals surface area contributed by atoms with Gasteiger partial charge in [-0.1, -0.05) is 41.9 Å². The normalized spacial score (nSPS) is 17.0. The largest absolute Gasteiger partial charge is 0.370 e. The monoisotopic (exact) mass is 399 g/mol. The molecule has 1 amide bonds. The fourth-order valence-corrected chi connectivity index (χ4v) is 3.71. The van der Waals surface area contributed by atoms with Crippen molar-refractivity contribution in [2.45, 2.75) is 13.0 Å². The highest BCUT2D eigenvalue weighted by Crippen LogP contribution is 2.28. The highest BCUT2D eigenvalue weighted by molar-refractivity contribution is 6.33. The van der Waals surface area contributed by atoms with E-state index in [1.807, 2.05) is 30.3 Å². The summed E-state index contributed by atoms with van der Waals surface area (Å²) in [4.78, 5) is 14.9. The summed E-state index contributed by atoms with van der Waals surface area (Å²) in [6, 6.07) is 15.6. The van der Waals surface area contributed by atoms with Crippen LogP contribution in [0.1, 0.15) is 27.7 Å². The maximum absolute atomic E-state index is 13.2. The van der Waals surface area contributed by atoms with Crippen molar-refractivity contribution in [1.29, 1.82) is 0 Å². The van der Waals surface area contributed by atoms with Crippen LogP contribution >= 0.6 is 11.6 Å². The molecule has 28 heavy (non-hydrogen) atoms. The quantitative estimate of drug-likeness (QED) is 0.663. The van der Waals surface area contributed by atoms with E-state index in [0.29, 0.717) is 36.6 Å². The Morgan fingerprint density at radius 2 is 1.89 bits per heavy atom. The van der Waals surface area contributed by atoms with Gasteiger partial charge in [0.15, 0.2) is 0 Å². The van der Waals surface area contributed by atoms with Gasteiger partial charge in [-0.15, -0.1) is 0 Å². The molecule has 0 saturated carbocycles. The fraction of sp³-hybridized carbons (Fsp3) is 0.238. The molecule has 144 valence electrons. The van der Waals surface area contributed by atoms with Crippen LogP contribution < -0.4 is 0 Å². The Morgan fingerprint density at radius 3 is 2.61 bits per heavy atom. The molecule has 0 N–H and O–H groups in total. The summed E-state index contributed by atoms with van der Waals surface area (Å²) >= 11 is 6.50. The first kappa shape index (κ1) is 18.7. The van der Waals surface area contributed by atoms with E-state index in [1.54, 1.807) is 24.0 Å². The number of ether oxygens (including phenoxy) is 1. The third kappa shape index (κ3) is 3.53. The number of carbonyl (C=O) groups is 1. The molecule has 1 aromatic heterocycles. The van der Waals surface area contributed by atoms with Gasteiger partial charge in [0.1, 0.15) is 17.1 Å². The van der Waals surface area contributed by atoms with Gasteiger partial charge in [-0.05, 0) is 36.8 Å². The molecular weight excluding hydrogens is 381 g/mol. The summed E-state index contributed by atoms with van der Waals surface area (Å²) in [7, 11) is 0. The van der Waals surface area contributed by atoms with Gasteiger partial charge in [0, 0.05) is 6.54 Å². The summed E-state index contributed by atoms with van der Waals surface area (Å²) in [6.45, 7) is 3.13. The Labute approximate surface area is 167 Å². The summed E-state index contributed by atoms with van der Waals surface area (Å²) < 4.78 is 20.5. The number of carbonyl (C=O) groups excluding carboxylic acids is 1. The number of hydrogen-bond acceptors (Lipinski definition) is 3. The second-order valence-corrected chi connectivity index (χ2v) is 7.02. The number of halogens is 2. The predicted octanol–water partition coefficient (Wildman–Crippen LogP) is 4.19. The number of aromatic nitrogens is 2. The minimum Gasteiger partial charge on any atom is -0.370 e. The van der Waals surface area contributed by atoms with E-state index in [0.717, 1.165) is 5.56 Å². The van der Waals surface area contributed by atoms with Gasteiger partial charge in [0.25, 0.3) is 5.91 Å². The molecule has 1 fully saturated rings. The van der Waals surface area contributed by atoms with Crippen LogP contribution in [0.2, 0.25) is 5.15 Å². The van der Waals surface area contributed by atoms with Gasteiger partial charge in [-0.3, -0.25) is 4.79 Å². The van der Waals surface area contributed by atoms with Crippen LogP contribution in [0.4, 0.5) is 4.39 Å². The molecule has 0 unspecified atom stereocenters. The van der Waals surface area contributed by atoms with Crippen molar-refractivity contribution in [3.63, 3.8) is 0 Å². The molecule has 3 aromatic rings. The lowest BCUT2D eigenvalue weighted by molar-refractivity contribution is -0.0228. The van der Waals surface area contributed by atoms with Gasteiger partial charge in [-0.25, -0.2) is 9.07 Å². The number of nitrogens with zero attached hydrogens (tertiary/aromatic N) is 3. The van der Waals surface area contributed by atoms with Gasteiger partial charge in [-0.2, -0.15) is 5.10 Å². The summed E-state index contributed by atoms with van der Waals surface area (Å²) in [5.41, 5.74) is 2.52. The molecule has 0 aliphatic carbocycles. The summed E-state index contributed by atoms with van der Waals surface area (Å²) in [6.07, 6.45) is -0.176. The molecule has 0 radical (unpaired) electrons. The van der Waals surface area contributed by atoms with Gasteiger partial charge >= 0.3 is 0 Å². The first-order chi connectivity index (χ1) is 13.5. The smallest absolute Gasteiger partial charge is 0.259 e. The number of amides is 1. The maximum Gasteiger partial charge on any atom is 0.259 e. The number of hydrogen-bond donors (Lipinski definition) is 0. The molecule has 1 atom stereocenters. The van der Waals surface area contributed by atoms with Crippen molar-refractivity contribution in [1.82, 2.24) is 14.7 Å². The zero-order valence-corrected chi connectivity index (χ0v) is 16.1. The molecule has 0 spiro atoms. The van der Waals surface area contributed by atoms with Gasteiger partial charge in [0.2, 0.25) is 0 Å². The molecule has 0 bridgehead atoms. The zero-order valence-electron chi connectivity index (χ0n) is 15.3. The molecule has 4 rings (SSSR count). The highest BCUT2D eigenvalue weighted by atomic mass is 35.5. The average molecular weight is 400 g/mol. The molecule has 1 aliphatic rings. The van der Waals surface area contributed by atoms with Crippen LogP contribution in [-0.2, 0) is 4.74 Å². The van der Waals surface area contributed by atoms with Crippen LogP contribution in [0, 0.1) is 12.7 Å². The van der Waals surface area contributed by atoms with E-state index in [-0.39, 0.29) is 23.0 Å². The number of rotatable bonds is 3. The lowest BCUT2D eigenvalue weighted by Crippen LogP contribution is -2.42. The zero-order chi connectivity index (χ0) is 19.7. The third-order valence-corrected chi connectivity index (χ3v) is 5.16. The summed E-state index contributed by atoms with van der Waals surface area (Å²) in [5, 5.41) is 4.61. The van der Waals surface area contributed by atoms with Crippen molar-refractivity contribution >= 4 is 17.5 Å². The van der Waals surface area contributed by atoms with Crippen LogP contribution in [0.25, 0.3) is 5.69 Å². The Morgan fingerprint density at radius 1 is 1.18 bits per heavy atom. The van der Waals surface area contributed by atoms with Gasteiger partial charge in [0.05, 0.1) is 30.1 Å². The Hall–Kier alpha value is -2.70. The SMILES string of the molecule is Cc1nn(-c2ccc(F)cc2)c(Cl)c1C(=O)N1CCO[C@H](c2ccccc2)C1. The lowest BCUT2D eigenvalue weighted by Gasteiger charge is -2.33. The van der Waals surface area contributed by atoms with Crippen LogP contribution in [0.15, 0.2) is 54.6 Å². The van der Waals surface area contributed by atoms with E-state index in [9.17, 15) is 9.18 Å². The highest BCUT2D eigenvalue weighted by Gasteiger charge is 2.30. The average Bonchev–Trinajstić information content (AvgIpc) is 3.03. The van der Waals surface area contributed by atoms with Crippen LogP contribution in [0.5, 0.6) is 0 Å². The van der Waals surface area contributed by atoms with E-state index in [1.165, 1.54) is 16.8 Å². The molecular formula is C21H19ClFN3O2. The Balaban J connectivity index is 1.60. The van der Waals surface area contributed by atoms with E-state index < -0.39 is 0 Å². The number of benzene rings is 2. The Kier molecular flexibility index (Phi) is 5.15. The molecule has 2 heterocycles. The van der Waals surface area contributed by atoms with Crippen molar-refractivity contribution in [2.24, 2.45) is 0 Å². The molecule has 1 aliphatic heterocycles. The first-order valence-electron chi connectivity index (χ1n) is 9.01.